The van der Waals surface area contributed by atoms with Crippen LogP contribution in [0.2, 0.25) is 0 Å². The molecule has 0 saturated carbocycles. The van der Waals surface area contributed by atoms with Gasteiger partial charge in [-0.1, -0.05) is 48.2 Å². The largest absolute Gasteiger partial charge is 0.478 e. The van der Waals surface area contributed by atoms with Gasteiger partial charge in [-0.3, -0.25) is 9.69 Å². The van der Waals surface area contributed by atoms with Crippen LogP contribution < -0.4 is 9.64 Å². The number of carbonyl (C=O) groups excluding carboxylic acids is 1. The quantitative estimate of drug-likeness (QED) is 0.475. The lowest BCUT2D eigenvalue weighted by Crippen LogP contribution is -2.36. The van der Waals surface area contributed by atoms with Crippen molar-refractivity contribution in [2.75, 3.05) is 10.7 Å². The average Bonchev–Trinajstić information content (AvgIpc) is 2.92. The van der Waals surface area contributed by atoms with Crippen molar-refractivity contribution in [3.63, 3.8) is 0 Å². The molecule has 2 heterocycles. The van der Waals surface area contributed by atoms with Gasteiger partial charge in [0.2, 0.25) is 23.2 Å². The van der Waals surface area contributed by atoms with Crippen molar-refractivity contribution in [3.05, 3.63) is 72.3 Å². The Kier molecular flexibility index (Phi) is 5.68. The Bertz CT molecular complexity index is 1170. The number of fused-ring (bicyclic) bond motifs is 3. The summed E-state index contributed by atoms with van der Waals surface area (Å²) in [5.41, 5.74) is 2.43. The molecule has 2 aromatic carbocycles. The normalized spacial score (nSPS) is 14.6. The Labute approximate surface area is 182 Å². The first kappa shape index (κ1) is 20.5. The molecule has 0 spiro atoms. The van der Waals surface area contributed by atoms with Crippen LogP contribution in [0.25, 0.3) is 11.3 Å². The molecule has 0 radical (unpaired) electrons. The van der Waals surface area contributed by atoms with Crippen molar-refractivity contribution in [2.45, 2.75) is 18.3 Å². The molecule has 9 heteroatoms. The zero-order valence-electron chi connectivity index (χ0n) is 16.6. The van der Waals surface area contributed by atoms with E-state index in [1.54, 1.807) is 24.3 Å². The van der Waals surface area contributed by atoms with Gasteiger partial charge in [0.25, 0.3) is 0 Å². The maximum atomic E-state index is 12.7. The van der Waals surface area contributed by atoms with Crippen molar-refractivity contribution in [1.82, 2.24) is 15.2 Å². The minimum atomic E-state index is -1.03. The summed E-state index contributed by atoms with van der Waals surface area (Å²) in [6.45, 7) is 5.14. The molecular weight excluding hydrogens is 416 g/mol. The van der Waals surface area contributed by atoms with Gasteiger partial charge in [0, 0.05) is 23.8 Å². The third-order valence-corrected chi connectivity index (χ3v) is 5.46. The number of rotatable bonds is 5. The van der Waals surface area contributed by atoms with Gasteiger partial charge in [-0.05, 0) is 18.2 Å². The number of carboxylic acid groups (broad SMARTS) is 1. The Morgan fingerprint density at radius 3 is 2.61 bits per heavy atom. The SMILES string of the molecule is C=CCSc1nnc2c(n1)O[C@H](c1ccc(C(=O)O)cc1)N(C(C)=O)c1ccccc1-2. The predicted molar refractivity (Wildman–Crippen MR) is 116 cm³/mol. The third-order valence-electron chi connectivity index (χ3n) is 4.62. The lowest BCUT2D eigenvalue weighted by Gasteiger charge is -2.29. The van der Waals surface area contributed by atoms with Crippen LogP contribution in [0.3, 0.4) is 0 Å². The highest BCUT2D eigenvalue weighted by Gasteiger charge is 2.34. The van der Waals surface area contributed by atoms with E-state index < -0.39 is 12.2 Å². The van der Waals surface area contributed by atoms with Gasteiger partial charge < -0.3 is 9.84 Å². The summed E-state index contributed by atoms with van der Waals surface area (Å²) in [7, 11) is 0. The van der Waals surface area contributed by atoms with Crippen LogP contribution in [0.1, 0.15) is 29.1 Å². The summed E-state index contributed by atoms with van der Waals surface area (Å²) in [4.78, 5) is 30.0. The van der Waals surface area contributed by atoms with Crippen LogP contribution in [0, 0.1) is 0 Å². The molecule has 0 aliphatic carbocycles. The maximum Gasteiger partial charge on any atom is 0.335 e. The Morgan fingerprint density at radius 2 is 1.94 bits per heavy atom. The number of hydrogen-bond donors (Lipinski definition) is 1. The summed E-state index contributed by atoms with van der Waals surface area (Å²) >= 11 is 1.36. The van der Waals surface area contributed by atoms with Crippen molar-refractivity contribution < 1.29 is 19.4 Å². The van der Waals surface area contributed by atoms with E-state index in [2.05, 4.69) is 21.8 Å². The summed E-state index contributed by atoms with van der Waals surface area (Å²) in [6, 6.07) is 13.5. The van der Waals surface area contributed by atoms with Crippen LogP contribution in [-0.2, 0) is 4.79 Å². The molecule has 0 bridgehead atoms. The molecule has 1 aliphatic rings. The lowest BCUT2D eigenvalue weighted by molar-refractivity contribution is -0.118. The first-order valence-corrected chi connectivity index (χ1v) is 10.4. The molecule has 3 aromatic rings. The van der Waals surface area contributed by atoms with E-state index in [1.165, 1.54) is 35.7 Å². The van der Waals surface area contributed by atoms with Gasteiger partial charge in [-0.25, -0.2) is 4.79 Å². The molecule has 0 fully saturated rings. The number of para-hydroxylation sites is 1. The van der Waals surface area contributed by atoms with Gasteiger partial charge >= 0.3 is 5.97 Å². The predicted octanol–water partition coefficient (Wildman–Crippen LogP) is 3.96. The average molecular weight is 434 g/mol. The van der Waals surface area contributed by atoms with Gasteiger partial charge in [-0.15, -0.1) is 16.8 Å². The third kappa shape index (κ3) is 3.99. The molecule has 156 valence electrons. The van der Waals surface area contributed by atoms with Crippen molar-refractivity contribution in [2.24, 2.45) is 0 Å². The number of aromatic carboxylic acids is 1. The van der Waals surface area contributed by atoms with Crippen LogP contribution in [0.4, 0.5) is 5.69 Å². The Hall–Kier alpha value is -3.72. The molecule has 1 aromatic heterocycles. The number of thioether (sulfide) groups is 1. The second-order valence-electron chi connectivity index (χ2n) is 6.65. The number of carboxylic acids is 1. The second-order valence-corrected chi connectivity index (χ2v) is 7.64. The number of amides is 1. The highest BCUT2D eigenvalue weighted by atomic mass is 32.2. The molecule has 4 rings (SSSR count). The van der Waals surface area contributed by atoms with E-state index >= 15 is 0 Å². The Balaban J connectivity index is 1.88. The smallest absolute Gasteiger partial charge is 0.335 e. The number of anilines is 1. The topological polar surface area (TPSA) is 106 Å². The van der Waals surface area contributed by atoms with Gasteiger partial charge in [0.05, 0.1) is 11.3 Å². The molecule has 1 N–H and O–H groups in total. The fourth-order valence-corrected chi connectivity index (χ4v) is 3.77. The van der Waals surface area contributed by atoms with Crippen LogP contribution in [-0.4, -0.2) is 37.9 Å². The van der Waals surface area contributed by atoms with E-state index in [9.17, 15) is 14.7 Å². The maximum absolute atomic E-state index is 12.7. The summed E-state index contributed by atoms with van der Waals surface area (Å²) < 4.78 is 6.23. The van der Waals surface area contributed by atoms with Gasteiger partial charge in [0.15, 0.2) is 5.69 Å². The standard InChI is InChI=1S/C22H18N4O4S/c1-3-12-31-22-23-19-18(24-25-22)16-6-4-5-7-17(16)26(13(2)27)20(30-19)14-8-10-15(11-9-14)21(28)29/h3-11,20H,1,12H2,2H3,(H,28,29)/t20-/m1/s1. The fraction of sp³-hybridized carbons (Fsp3) is 0.136. The molecule has 31 heavy (non-hydrogen) atoms. The molecule has 1 amide bonds. The summed E-state index contributed by atoms with van der Waals surface area (Å²) in [5.74, 6) is -0.434. The molecular formula is C22H18N4O4S. The summed E-state index contributed by atoms with van der Waals surface area (Å²) in [5, 5.41) is 18.1. The van der Waals surface area contributed by atoms with E-state index in [1.807, 2.05) is 18.2 Å². The van der Waals surface area contributed by atoms with Gasteiger partial charge in [0.1, 0.15) is 0 Å². The highest BCUT2D eigenvalue weighted by Crippen LogP contribution is 2.43. The lowest BCUT2D eigenvalue weighted by atomic mass is 10.1. The minimum absolute atomic E-state index is 0.139. The second kappa shape index (κ2) is 8.57. The molecule has 8 nitrogen and oxygen atoms in total. The van der Waals surface area contributed by atoms with Gasteiger partial charge in [-0.2, -0.15) is 4.98 Å². The van der Waals surface area contributed by atoms with Crippen molar-refractivity contribution in [3.8, 4) is 17.1 Å². The number of carbonyl (C=O) groups is 2. The van der Waals surface area contributed by atoms with Crippen LogP contribution in [0.5, 0.6) is 5.88 Å². The first-order chi connectivity index (χ1) is 15.0. The first-order valence-electron chi connectivity index (χ1n) is 9.37. The van der Waals surface area contributed by atoms with E-state index in [0.717, 1.165) is 0 Å². The molecule has 0 saturated heterocycles. The number of nitrogens with zero attached hydrogens (tertiary/aromatic N) is 4. The van der Waals surface area contributed by atoms with Crippen molar-refractivity contribution >= 4 is 29.3 Å². The van der Waals surface area contributed by atoms with E-state index in [4.69, 9.17) is 4.74 Å². The summed E-state index contributed by atoms with van der Waals surface area (Å²) in [6.07, 6.45) is 0.872. The van der Waals surface area contributed by atoms with Crippen LogP contribution >= 0.6 is 11.8 Å². The number of aromatic nitrogens is 3. The zero-order valence-corrected chi connectivity index (χ0v) is 17.4. The fourth-order valence-electron chi connectivity index (χ4n) is 3.25. The highest BCUT2D eigenvalue weighted by molar-refractivity contribution is 7.99. The molecule has 0 unspecified atom stereocenters. The minimum Gasteiger partial charge on any atom is -0.478 e. The number of ether oxygens (including phenoxy) is 1. The molecule has 1 atom stereocenters. The Morgan fingerprint density at radius 1 is 1.19 bits per heavy atom. The van der Waals surface area contributed by atoms with E-state index in [-0.39, 0.29) is 17.4 Å². The molecule has 1 aliphatic heterocycles. The van der Waals surface area contributed by atoms with Crippen LogP contribution in [0.15, 0.2) is 66.3 Å². The zero-order chi connectivity index (χ0) is 22.0. The number of benzene rings is 2. The van der Waals surface area contributed by atoms with E-state index in [0.29, 0.717) is 33.4 Å². The van der Waals surface area contributed by atoms with Crippen molar-refractivity contribution in [1.29, 1.82) is 0 Å². The monoisotopic (exact) mass is 434 g/mol. The number of hydrogen-bond acceptors (Lipinski definition) is 7.